The van der Waals surface area contributed by atoms with Gasteiger partial charge in [0.1, 0.15) is 11.4 Å². The molecule has 1 N–H and O–H groups in total. The maximum Gasteiger partial charge on any atom is 0.339 e. The fraction of sp³-hybridized carbons (Fsp3) is 0.316. The minimum atomic E-state index is -3.91. The SMILES string of the molecule is COC(=O)c1cc(S(=O)(=O)N[C@@H]2CC(C)(C)Oc3ccccc32)ccc1Cl. The number of rotatable bonds is 4. The van der Waals surface area contributed by atoms with Gasteiger partial charge in [0.05, 0.1) is 28.6 Å². The fourth-order valence-electron chi connectivity index (χ4n) is 3.10. The lowest BCUT2D eigenvalue weighted by atomic mass is 9.90. The number of sulfonamides is 1. The number of carbonyl (C=O) groups excluding carboxylic acids is 1. The number of ether oxygens (including phenoxy) is 2. The normalized spacial score (nSPS) is 18.3. The monoisotopic (exact) mass is 409 g/mol. The van der Waals surface area contributed by atoms with Crippen molar-refractivity contribution in [3.8, 4) is 5.75 Å². The molecule has 1 aliphatic heterocycles. The van der Waals surface area contributed by atoms with E-state index >= 15 is 0 Å². The van der Waals surface area contributed by atoms with Crippen molar-refractivity contribution in [1.82, 2.24) is 4.72 Å². The predicted octanol–water partition coefficient (Wildman–Crippen LogP) is 3.71. The molecule has 0 saturated heterocycles. The lowest BCUT2D eigenvalue weighted by molar-refractivity contribution is 0.0600. The molecule has 0 aliphatic carbocycles. The first kappa shape index (κ1) is 19.7. The van der Waals surface area contributed by atoms with Crippen molar-refractivity contribution < 1.29 is 22.7 Å². The Bertz CT molecular complexity index is 987. The Balaban J connectivity index is 1.97. The van der Waals surface area contributed by atoms with Gasteiger partial charge in [-0.15, -0.1) is 0 Å². The van der Waals surface area contributed by atoms with E-state index in [0.717, 1.165) is 5.56 Å². The van der Waals surface area contributed by atoms with E-state index in [1.807, 2.05) is 38.1 Å². The molecule has 144 valence electrons. The Morgan fingerprint density at radius 2 is 1.96 bits per heavy atom. The van der Waals surface area contributed by atoms with Gasteiger partial charge >= 0.3 is 5.97 Å². The van der Waals surface area contributed by atoms with E-state index in [-0.39, 0.29) is 15.5 Å². The van der Waals surface area contributed by atoms with E-state index in [2.05, 4.69) is 9.46 Å². The summed E-state index contributed by atoms with van der Waals surface area (Å²) < 4.78 is 39.2. The third-order valence-corrected chi connectivity index (χ3v) is 6.13. The van der Waals surface area contributed by atoms with E-state index in [1.165, 1.54) is 25.3 Å². The number of hydrogen-bond donors (Lipinski definition) is 1. The van der Waals surface area contributed by atoms with Crippen LogP contribution in [0.1, 0.15) is 42.2 Å². The van der Waals surface area contributed by atoms with Gasteiger partial charge in [0.25, 0.3) is 0 Å². The predicted molar refractivity (Wildman–Crippen MR) is 102 cm³/mol. The molecular formula is C19H20ClNO5S. The second-order valence-electron chi connectivity index (χ2n) is 6.91. The summed E-state index contributed by atoms with van der Waals surface area (Å²) in [5.41, 5.74) is 0.232. The van der Waals surface area contributed by atoms with Crippen LogP contribution in [0.5, 0.6) is 5.75 Å². The quantitative estimate of drug-likeness (QED) is 0.778. The zero-order chi connectivity index (χ0) is 19.8. The number of para-hydroxylation sites is 1. The van der Waals surface area contributed by atoms with E-state index in [9.17, 15) is 13.2 Å². The van der Waals surface area contributed by atoms with Crippen LogP contribution in [0.4, 0.5) is 0 Å². The van der Waals surface area contributed by atoms with Gasteiger partial charge in [-0.05, 0) is 38.1 Å². The summed E-state index contributed by atoms with van der Waals surface area (Å²) in [7, 11) is -2.70. The fourth-order valence-corrected chi connectivity index (χ4v) is 4.54. The zero-order valence-electron chi connectivity index (χ0n) is 15.2. The van der Waals surface area contributed by atoms with Gasteiger partial charge < -0.3 is 9.47 Å². The molecule has 8 heteroatoms. The first-order valence-corrected chi connectivity index (χ1v) is 10.2. The molecule has 0 fully saturated rings. The average Bonchev–Trinajstić information content (AvgIpc) is 2.60. The van der Waals surface area contributed by atoms with E-state index in [0.29, 0.717) is 12.2 Å². The summed E-state index contributed by atoms with van der Waals surface area (Å²) in [5, 5.41) is 0.123. The molecule has 1 heterocycles. The van der Waals surface area contributed by atoms with Gasteiger partial charge in [-0.2, -0.15) is 0 Å². The van der Waals surface area contributed by atoms with Crippen molar-refractivity contribution in [3.05, 3.63) is 58.6 Å². The summed E-state index contributed by atoms with van der Waals surface area (Å²) in [5.74, 6) is -0.0533. The van der Waals surface area contributed by atoms with Crippen LogP contribution in [-0.2, 0) is 14.8 Å². The van der Waals surface area contributed by atoms with Crippen LogP contribution in [0.25, 0.3) is 0 Å². The van der Waals surface area contributed by atoms with Crippen LogP contribution in [0, 0.1) is 0 Å². The molecule has 6 nitrogen and oxygen atoms in total. The molecule has 0 unspecified atom stereocenters. The van der Waals surface area contributed by atoms with Crippen molar-refractivity contribution in [2.45, 2.75) is 36.8 Å². The highest BCUT2D eigenvalue weighted by molar-refractivity contribution is 7.89. The third kappa shape index (κ3) is 4.10. The molecule has 1 aliphatic rings. The van der Waals surface area contributed by atoms with Crippen molar-refractivity contribution in [1.29, 1.82) is 0 Å². The summed E-state index contributed by atoms with van der Waals surface area (Å²) >= 11 is 5.98. The smallest absolute Gasteiger partial charge is 0.339 e. The van der Waals surface area contributed by atoms with Gasteiger partial charge in [0.15, 0.2) is 0 Å². The molecular weight excluding hydrogens is 390 g/mol. The molecule has 0 aromatic heterocycles. The summed E-state index contributed by atoms with van der Waals surface area (Å²) in [6.07, 6.45) is 0.459. The molecule has 1 atom stereocenters. The highest BCUT2D eigenvalue weighted by atomic mass is 35.5. The Morgan fingerprint density at radius 3 is 2.67 bits per heavy atom. The van der Waals surface area contributed by atoms with Gasteiger partial charge in [-0.1, -0.05) is 29.8 Å². The third-order valence-electron chi connectivity index (χ3n) is 4.33. The number of fused-ring (bicyclic) bond motifs is 1. The number of halogens is 1. The Kier molecular flexibility index (Phi) is 5.20. The molecule has 0 bridgehead atoms. The van der Waals surface area contributed by atoms with Crippen LogP contribution in [0.2, 0.25) is 5.02 Å². The number of benzene rings is 2. The Labute approximate surface area is 163 Å². The molecule has 3 rings (SSSR count). The molecule has 0 saturated carbocycles. The Hall–Kier alpha value is -2.09. The molecule has 2 aromatic rings. The summed E-state index contributed by atoms with van der Waals surface area (Å²) in [6, 6.07) is 10.8. The molecule has 2 aromatic carbocycles. The zero-order valence-corrected chi connectivity index (χ0v) is 16.7. The van der Waals surface area contributed by atoms with Crippen LogP contribution in [0.3, 0.4) is 0 Å². The standard InChI is InChI=1S/C19H20ClNO5S/c1-19(2)11-16(13-6-4-5-7-17(13)26-19)21-27(23,24)12-8-9-15(20)14(10-12)18(22)25-3/h4-10,16,21H,11H2,1-3H3/t16-/m1/s1. The minimum Gasteiger partial charge on any atom is -0.487 e. The van der Waals surface area contributed by atoms with Crippen molar-refractivity contribution in [2.75, 3.05) is 7.11 Å². The number of methoxy groups -OCH3 is 1. The van der Waals surface area contributed by atoms with Gasteiger partial charge in [-0.25, -0.2) is 17.9 Å². The van der Waals surface area contributed by atoms with Crippen molar-refractivity contribution >= 4 is 27.6 Å². The largest absolute Gasteiger partial charge is 0.487 e. The van der Waals surface area contributed by atoms with E-state index < -0.39 is 27.6 Å². The van der Waals surface area contributed by atoms with Gasteiger partial charge in [0.2, 0.25) is 10.0 Å². The number of esters is 1. The molecule has 0 spiro atoms. The molecule has 0 radical (unpaired) electrons. The van der Waals surface area contributed by atoms with Crippen LogP contribution in [0.15, 0.2) is 47.4 Å². The lowest BCUT2D eigenvalue weighted by Crippen LogP contribution is -2.41. The highest BCUT2D eigenvalue weighted by Crippen LogP contribution is 2.40. The minimum absolute atomic E-state index is 0.00486. The second-order valence-corrected chi connectivity index (χ2v) is 9.03. The van der Waals surface area contributed by atoms with Gasteiger partial charge in [0, 0.05) is 12.0 Å². The second kappa shape index (κ2) is 7.14. The van der Waals surface area contributed by atoms with Crippen LogP contribution >= 0.6 is 11.6 Å². The molecule has 0 amide bonds. The van der Waals surface area contributed by atoms with Crippen molar-refractivity contribution in [2.24, 2.45) is 0 Å². The van der Waals surface area contributed by atoms with Gasteiger partial charge in [-0.3, -0.25) is 0 Å². The first-order chi connectivity index (χ1) is 12.6. The number of nitrogens with one attached hydrogen (secondary N) is 1. The molecule has 27 heavy (non-hydrogen) atoms. The maximum absolute atomic E-state index is 12.9. The summed E-state index contributed by atoms with van der Waals surface area (Å²) in [6.45, 7) is 3.81. The maximum atomic E-state index is 12.9. The average molecular weight is 410 g/mol. The Morgan fingerprint density at radius 1 is 1.26 bits per heavy atom. The highest BCUT2D eigenvalue weighted by Gasteiger charge is 2.36. The van der Waals surface area contributed by atoms with Crippen molar-refractivity contribution in [3.63, 3.8) is 0 Å². The lowest BCUT2D eigenvalue weighted by Gasteiger charge is -2.37. The number of hydrogen-bond acceptors (Lipinski definition) is 5. The van der Waals surface area contributed by atoms with Crippen LogP contribution < -0.4 is 9.46 Å². The topological polar surface area (TPSA) is 81.7 Å². The summed E-state index contributed by atoms with van der Waals surface area (Å²) in [4.78, 5) is 11.8. The van der Waals surface area contributed by atoms with Crippen LogP contribution in [-0.4, -0.2) is 27.1 Å². The van der Waals surface area contributed by atoms with E-state index in [1.54, 1.807) is 0 Å². The number of carbonyl (C=O) groups is 1. The first-order valence-electron chi connectivity index (χ1n) is 8.31. The van der Waals surface area contributed by atoms with E-state index in [4.69, 9.17) is 16.3 Å².